The van der Waals surface area contributed by atoms with Gasteiger partial charge < -0.3 is 4.90 Å². The molecule has 1 rings (SSSR count). The molecular weight excluding hydrogens is 244 g/mol. The van der Waals surface area contributed by atoms with Crippen LogP contribution in [0.5, 0.6) is 0 Å². The van der Waals surface area contributed by atoms with Crippen molar-refractivity contribution in [2.75, 3.05) is 13.1 Å². The molecule has 0 aliphatic rings. The Labute approximate surface area is 112 Å². The van der Waals surface area contributed by atoms with Crippen molar-refractivity contribution in [1.82, 2.24) is 4.90 Å². The van der Waals surface area contributed by atoms with Gasteiger partial charge in [0.2, 0.25) is 0 Å². The van der Waals surface area contributed by atoms with Gasteiger partial charge in [0, 0.05) is 23.7 Å². The van der Waals surface area contributed by atoms with Crippen LogP contribution in [0, 0.1) is 29.4 Å². The summed E-state index contributed by atoms with van der Waals surface area (Å²) in [5, 5.41) is 10.7. The van der Waals surface area contributed by atoms with Crippen molar-refractivity contribution in [2.24, 2.45) is 0 Å². The number of nitro benzene ring substituents is 1. The lowest BCUT2D eigenvalue weighted by Crippen LogP contribution is -2.32. The van der Waals surface area contributed by atoms with E-state index in [1.807, 2.05) is 6.92 Å². The molecule has 0 bridgehead atoms. The van der Waals surface area contributed by atoms with E-state index in [2.05, 4.69) is 5.92 Å². The van der Waals surface area contributed by atoms with Gasteiger partial charge in [-0.05, 0) is 25.5 Å². The van der Waals surface area contributed by atoms with E-state index in [1.165, 1.54) is 18.2 Å². The van der Waals surface area contributed by atoms with Gasteiger partial charge in [-0.25, -0.2) is 0 Å². The average molecular weight is 260 g/mol. The zero-order valence-corrected chi connectivity index (χ0v) is 11.0. The fraction of sp³-hybridized carbons (Fsp3) is 0.357. The topological polar surface area (TPSA) is 63.5 Å². The molecule has 1 aromatic carbocycles. The van der Waals surface area contributed by atoms with Crippen LogP contribution in [-0.2, 0) is 0 Å². The van der Waals surface area contributed by atoms with E-state index in [0.29, 0.717) is 17.7 Å². The molecule has 1 aromatic rings. The Morgan fingerprint density at radius 1 is 1.53 bits per heavy atom. The number of carbonyl (C=O) groups excluding carboxylic acids is 1. The number of rotatable bonds is 5. The van der Waals surface area contributed by atoms with Gasteiger partial charge in [-0.1, -0.05) is 12.8 Å². The van der Waals surface area contributed by atoms with Gasteiger partial charge in [0.05, 0.1) is 11.5 Å². The SMILES string of the molecule is C#CCN(CCC)C(=O)c1ccc([N+](=O)[O-])c(C)c1. The van der Waals surface area contributed by atoms with Crippen molar-refractivity contribution in [2.45, 2.75) is 20.3 Å². The summed E-state index contributed by atoms with van der Waals surface area (Å²) >= 11 is 0. The molecular formula is C14H16N2O3. The highest BCUT2D eigenvalue weighted by Gasteiger charge is 2.17. The molecule has 19 heavy (non-hydrogen) atoms. The van der Waals surface area contributed by atoms with Crippen LogP contribution in [0.25, 0.3) is 0 Å². The molecule has 0 saturated carbocycles. The lowest BCUT2D eigenvalue weighted by Gasteiger charge is -2.19. The van der Waals surface area contributed by atoms with Crippen LogP contribution in [0.15, 0.2) is 18.2 Å². The summed E-state index contributed by atoms with van der Waals surface area (Å²) in [6.07, 6.45) is 6.04. The molecule has 5 heteroatoms. The molecule has 0 fully saturated rings. The van der Waals surface area contributed by atoms with E-state index >= 15 is 0 Å². The summed E-state index contributed by atoms with van der Waals surface area (Å²) in [4.78, 5) is 24.0. The van der Waals surface area contributed by atoms with E-state index < -0.39 is 4.92 Å². The first-order chi connectivity index (χ1) is 9.01. The highest BCUT2D eigenvalue weighted by atomic mass is 16.6. The minimum atomic E-state index is -0.463. The van der Waals surface area contributed by atoms with Crippen LogP contribution >= 0.6 is 0 Å². The van der Waals surface area contributed by atoms with Crippen molar-refractivity contribution in [1.29, 1.82) is 0 Å². The second-order valence-electron chi connectivity index (χ2n) is 4.19. The van der Waals surface area contributed by atoms with Crippen LogP contribution in [0.1, 0.15) is 29.3 Å². The van der Waals surface area contributed by atoms with Crippen molar-refractivity contribution in [3.05, 3.63) is 39.4 Å². The molecule has 0 N–H and O–H groups in total. The number of carbonyl (C=O) groups is 1. The Kier molecular flexibility index (Phi) is 5.07. The van der Waals surface area contributed by atoms with Gasteiger partial charge in [0.1, 0.15) is 0 Å². The van der Waals surface area contributed by atoms with Crippen molar-refractivity contribution in [3.8, 4) is 12.3 Å². The predicted molar refractivity (Wildman–Crippen MR) is 72.9 cm³/mol. The fourth-order valence-corrected chi connectivity index (χ4v) is 1.81. The quantitative estimate of drug-likeness (QED) is 0.464. The first kappa shape index (κ1) is 14.7. The molecule has 0 aliphatic heterocycles. The Hall–Kier alpha value is -2.35. The molecule has 0 unspecified atom stereocenters. The number of aryl methyl sites for hydroxylation is 1. The average Bonchev–Trinajstić information content (AvgIpc) is 2.37. The minimum Gasteiger partial charge on any atom is -0.328 e. The Morgan fingerprint density at radius 3 is 2.68 bits per heavy atom. The zero-order chi connectivity index (χ0) is 14.4. The van der Waals surface area contributed by atoms with Gasteiger partial charge in [-0.15, -0.1) is 6.42 Å². The second kappa shape index (κ2) is 6.55. The van der Waals surface area contributed by atoms with Gasteiger partial charge in [0.25, 0.3) is 11.6 Å². The van der Waals surface area contributed by atoms with Crippen LogP contribution in [0.4, 0.5) is 5.69 Å². The predicted octanol–water partition coefficient (Wildman–Crippen LogP) is 2.39. The molecule has 100 valence electrons. The van der Waals surface area contributed by atoms with E-state index in [-0.39, 0.29) is 18.1 Å². The summed E-state index contributed by atoms with van der Waals surface area (Å²) in [5.41, 5.74) is 0.898. The molecule has 0 aromatic heterocycles. The normalized spacial score (nSPS) is 9.74. The Bertz CT molecular complexity index is 532. The number of nitrogens with zero attached hydrogens (tertiary/aromatic N) is 2. The number of amides is 1. The lowest BCUT2D eigenvalue weighted by molar-refractivity contribution is -0.385. The summed E-state index contributed by atoms with van der Waals surface area (Å²) in [7, 11) is 0. The number of hydrogen-bond acceptors (Lipinski definition) is 3. The Balaban J connectivity index is 3.02. The fourth-order valence-electron chi connectivity index (χ4n) is 1.81. The third kappa shape index (κ3) is 3.55. The maximum Gasteiger partial charge on any atom is 0.272 e. The first-order valence-electron chi connectivity index (χ1n) is 5.99. The van der Waals surface area contributed by atoms with Crippen molar-refractivity contribution >= 4 is 11.6 Å². The van der Waals surface area contributed by atoms with Crippen LogP contribution in [0.3, 0.4) is 0 Å². The molecule has 0 heterocycles. The second-order valence-corrected chi connectivity index (χ2v) is 4.19. The summed E-state index contributed by atoms with van der Waals surface area (Å²) in [6.45, 7) is 4.37. The summed E-state index contributed by atoms with van der Waals surface area (Å²) in [5.74, 6) is 2.25. The van der Waals surface area contributed by atoms with Gasteiger partial charge in [-0.2, -0.15) is 0 Å². The number of benzene rings is 1. The minimum absolute atomic E-state index is 0.00976. The van der Waals surface area contributed by atoms with Crippen LogP contribution in [-0.4, -0.2) is 28.8 Å². The number of nitro groups is 1. The first-order valence-corrected chi connectivity index (χ1v) is 5.99. The van der Waals surface area contributed by atoms with Gasteiger partial charge >= 0.3 is 0 Å². The summed E-state index contributed by atoms with van der Waals surface area (Å²) in [6, 6.07) is 4.34. The molecule has 0 atom stereocenters. The standard InChI is InChI=1S/C14H16N2O3/c1-4-8-15(9-5-2)14(17)12-6-7-13(16(18)19)11(3)10-12/h1,6-7,10H,5,8-9H2,2-3H3. The van der Waals surface area contributed by atoms with Crippen molar-refractivity contribution in [3.63, 3.8) is 0 Å². The Morgan fingerprint density at radius 2 is 2.21 bits per heavy atom. The number of hydrogen-bond donors (Lipinski definition) is 0. The van der Waals surface area contributed by atoms with E-state index in [1.54, 1.807) is 11.8 Å². The third-order valence-corrected chi connectivity index (χ3v) is 2.70. The highest BCUT2D eigenvalue weighted by molar-refractivity contribution is 5.94. The van der Waals surface area contributed by atoms with E-state index in [4.69, 9.17) is 6.42 Å². The molecule has 0 spiro atoms. The van der Waals surface area contributed by atoms with E-state index in [9.17, 15) is 14.9 Å². The molecule has 0 aliphatic carbocycles. The monoisotopic (exact) mass is 260 g/mol. The molecule has 0 saturated heterocycles. The highest BCUT2D eigenvalue weighted by Crippen LogP contribution is 2.19. The molecule has 1 amide bonds. The smallest absolute Gasteiger partial charge is 0.272 e. The van der Waals surface area contributed by atoms with Crippen LogP contribution in [0.2, 0.25) is 0 Å². The zero-order valence-electron chi connectivity index (χ0n) is 11.0. The van der Waals surface area contributed by atoms with E-state index in [0.717, 1.165) is 6.42 Å². The molecule has 0 radical (unpaired) electrons. The maximum absolute atomic E-state index is 12.2. The van der Waals surface area contributed by atoms with Gasteiger partial charge in [0.15, 0.2) is 0 Å². The third-order valence-electron chi connectivity index (χ3n) is 2.70. The van der Waals surface area contributed by atoms with Crippen molar-refractivity contribution < 1.29 is 9.72 Å². The molecule has 5 nitrogen and oxygen atoms in total. The largest absolute Gasteiger partial charge is 0.328 e. The number of terminal acetylenes is 1. The lowest BCUT2D eigenvalue weighted by atomic mass is 10.1. The van der Waals surface area contributed by atoms with Gasteiger partial charge in [-0.3, -0.25) is 14.9 Å². The summed E-state index contributed by atoms with van der Waals surface area (Å²) < 4.78 is 0. The van der Waals surface area contributed by atoms with Crippen LogP contribution < -0.4 is 0 Å². The maximum atomic E-state index is 12.2.